The second kappa shape index (κ2) is 7.36. The first-order valence-corrected chi connectivity index (χ1v) is 4.56. The number of methoxy groups -OCH3 is 1. The highest BCUT2D eigenvalue weighted by Gasteiger charge is 2.02. The van der Waals surface area contributed by atoms with Gasteiger partial charge < -0.3 is 10.1 Å². The minimum absolute atomic E-state index is 0. The van der Waals surface area contributed by atoms with Gasteiger partial charge in [-0.05, 0) is 18.2 Å². The molecule has 0 atom stereocenters. The molecule has 0 radical (unpaired) electrons. The zero-order chi connectivity index (χ0) is 10.4. The molecule has 1 N–H and O–H groups in total. The summed E-state index contributed by atoms with van der Waals surface area (Å²) in [6.45, 7) is 0.896. The SMILES string of the molecule is COc1ccc(Cl)cc1CNCC#N.Cl. The maximum atomic E-state index is 8.36. The van der Waals surface area contributed by atoms with Crippen molar-refractivity contribution in [3.05, 3.63) is 28.8 Å². The molecule has 0 amide bonds. The van der Waals surface area contributed by atoms with Gasteiger partial charge in [0, 0.05) is 17.1 Å². The second-order valence-electron chi connectivity index (χ2n) is 2.72. The van der Waals surface area contributed by atoms with Crippen LogP contribution in [0.3, 0.4) is 0 Å². The van der Waals surface area contributed by atoms with Crippen LogP contribution >= 0.6 is 24.0 Å². The first-order chi connectivity index (χ1) is 6.77. The Kier molecular flexibility index (Phi) is 6.89. The predicted molar refractivity (Wildman–Crippen MR) is 62.6 cm³/mol. The molecule has 0 fully saturated rings. The Hall–Kier alpha value is -0.950. The van der Waals surface area contributed by atoms with Crippen LogP contribution in [0.1, 0.15) is 5.56 Å². The summed E-state index contributed by atoms with van der Waals surface area (Å²) in [7, 11) is 1.61. The van der Waals surface area contributed by atoms with E-state index in [9.17, 15) is 0 Å². The summed E-state index contributed by atoms with van der Waals surface area (Å²) in [5.41, 5.74) is 0.954. The van der Waals surface area contributed by atoms with Crippen molar-refractivity contribution < 1.29 is 4.74 Å². The zero-order valence-corrected chi connectivity index (χ0v) is 9.86. The fraction of sp³-hybridized carbons (Fsp3) is 0.300. The molecule has 15 heavy (non-hydrogen) atoms. The van der Waals surface area contributed by atoms with E-state index in [1.807, 2.05) is 18.2 Å². The highest BCUT2D eigenvalue weighted by molar-refractivity contribution is 6.30. The molecule has 0 unspecified atom stereocenters. The Balaban J connectivity index is 0.00000196. The fourth-order valence-electron chi connectivity index (χ4n) is 1.14. The van der Waals surface area contributed by atoms with Crippen molar-refractivity contribution in [1.82, 2.24) is 5.32 Å². The number of nitriles is 1. The molecule has 0 bridgehead atoms. The summed E-state index contributed by atoms with van der Waals surface area (Å²) in [6.07, 6.45) is 0. The molecule has 1 rings (SSSR count). The third-order valence-electron chi connectivity index (χ3n) is 1.76. The third-order valence-corrected chi connectivity index (χ3v) is 2.00. The topological polar surface area (TPSA) is 45.0 Å². The Labute approximate surface area is 100 Å². The zero-order valence-electron chi connectivity index (χ0n) is 8.29. The van der Waals surface area contributed by atoms with Crippen LogP contribution in [0.4, 0.5) is 0 Å². The Morgan fingerprint density at radius 2 is 2.27 bits per heavy atom. The first kappa shape index (κ1) is 14.1. The van der Waals surface area contributed by atoms with Crippen molar-refractivity contribution in [1.29, 1.82) is 5.26 Å². The molecule has 1 aromatic carbocycles. The van der Waals surface area contributed by atoms with Gasteiger partial charge in [-0.15, -0.1) is 12.4 Å². The number of ether oxygens (including phenoxy) is 1. The van der Waals surface area contributed by atoms with E-state index in [2.05, 4.69) is 5.32 Å². The minimum Gasteiger partial charge on any atom is -0.496 e. The lowest BCUT2D eigenvalue weighted by atomic mass is 10.2. The fourth-order valence-corrected chi connectivity index (χ4v) is 1.33. The van der Waals surface area contributed by atoms with Crippen molar-refractivity contribution in [2.75, 3.05) is 13.7 Å². The van der Waals surface area contributed by atoms with E-state index in [0.717, 1.165) is 11.3 Å². The van der Waals surface area contributed by atoms with Gasteiger partial charge in [0.25, 0.3) is 0 Å². The predicted octanol–water partition coefficient (Wildman–Crippen LogP) is 2.38. The molecule has 3 nitrogen and oxygen atoms in total. The first-order valence-electron chi connectivity index (χ1n) is 4.18. The van der Waals surface area contributed by atoms with Gasteiger partial charge in [-0.25, -0.2) is 0 Å². The average Bonchev–Trinajstić information content (AvgIpc) is 2.19. The van der Waals surface area contributed by atoms with Crippen molar-refractivity contribution in [2.24, 2.45) is 0 Å². The molecule has 0 saturated carbocycles. The quantitative estimate of drug-likeness (QED) is 0.656. The Morgan fingerprint density at radius 1 is 1.53 bits per heavy atom. The van der Waals surface area contributed by atoms with Crippen LogP contribution in [0.25, 0.3) is 0 Å². The summed E-state index contributed by atoms with van der Waals surface area (Å²) < 4.78 is 5.15. The second-order valence-corrected chi connectivity index (χ2v) is 3.15. The van der Waals surface area contributed by atoms with E-state index >= 15 is 0 Å². The lowest BCUT2D eigenvalue weighted by molar-refractivity contribution is 0.408. The van der Waals surface area contributed by atoms with E-state index in [1.165, 1.54) is 0 Å². The molecule has 0 aromatic heterocycles. The van der Waals surface area contributed by atoms with Gasteiger partial charge in [-0.3, -0.25) is 0 Å². The van der Waals surface area contributed by atoms with E-state index in [0.29, 0.717) is 18.1 Å². The smallest absolute Gasteiger partial charge is 0.123 e. The van der Waals surface area contributed by atoms with Crippen LogP contribution in [0.15, 0.2) is 18.2 Å². The largest absolute Gasteiger partial charge is 0.496 e. The van der Waals surface area contributed by atoms with Crippen molar-refractivity contribution in [3.63, 3.8) is 0 Å². The number of hydrogen-bond acceptors (Lipinski definition) is 3. The number of benzene rings is 1. The molecule has 0 aliphatic carbocycles. The highest BCUT2D eigenvalue weighted by atomic mass is 35.5. The summed E-state index contributed by atoms with van der Waals surface area (Å²) in [5.74, 6) is 0.778. The van der Waals surface area contributed by atoms with E-state index < -0.39 is 0 Å². The minimum atomic E-state index is 0. The van der Waals surface area contributed by atoms with Gasteiger partial charge in [0.15, 0.2) is 0 Å². The monoisotopic (exact) mass is 246 g/mol. The maximum absolute atomic E-state index is 8.36. The summed E-state index contributed by atoms with van der Waals surface area (Å²) in [4.78, 5) is 0. The van der Waals surface area contributed by atoms with Crippen molar-refractivity contribution in [2.45, 2.75) is 6.54 Å². The van der Waals surface area contributed by atoms with Crippen molar-refractivity contribution >= 4 is 24.0 Å². The van der Waals surface area contributed by atoms with Crippen LogP contribution < -0.4 is 10.1 Å². The van der Waals surface area contributed by atoms with Crippen LogP contribution in [0.2, 0.25) is 5.02 Å². The van der Waals surface area contributed by atoms with E-state index in [4.69, 9.17) is 21.6 Å². The van der Waals surface area contributed by atoms with E-state index in [1.54, 1.807) is 13.2 Å². The van der Waals surface area contributed by atoms with Crippen LogP contribution in [0.5, 0.6) is 5.75 Å². The Bertz CT molecular complexity index is 350. The molecule has 0 heterocycles. The van der Waals surface area contributed by atoms with Gasteiger partial charge in [0.2, 0.25) is 0 Å². The van der Waals surface area contributed by atoms with Crippen LogP contribution in [-0.4, -0.2) is 13.7 Å². The normalized spacial score (nSPS) is 8.87. The number of nitrogens with zero attached hydrogens (tertiary/aromatic N) is 1. The van der Waals surface area contributed by atoms with Gasteiger partial charge in [-0.2, -0.15) is 5.26 Å². The molecule has 5 heteroatoms. The maximum Gasteiger partial charge on any atom is 0.123 e. The molecular weight excluding hydrogens is 235 g/mol. The number of hydrogen-bond donors (Lipinski definition) is 1. The highest BCUT2D eigenvalue weighted by Crippen LogP contribution is 2.22. The molecular formula is C10H12Cl2N2O. The van der Waals surface area contributed by atoms with Crippen molar-refractivity contribution in [3.8, 4) is 11.8 Å². The average molecular weight is 247 g/mol. The standard InChI is InChI=1S/C10H11ClN2O.ClH/c1-14-10-3-2-9(11)6-8(10)7-13-5-4-12;/h2-3,6,13H,5,7H2,1H3;1H. The summed E-state index contributed by atoms with van der Waals surface area (Å²) in [5, 5.41) is 12.0. The van der Waals surface area contributed by atoms with Gasteiger partial charge in [0.1, 0.15) is 5.75 Å². The molecule has 82 valence electrons. The molecule has 0 aliphatic rings. The number of halogens is 2. The van der Waals surface area contributed by atoms with E-state index in [-0.39, 0.29) is 12.4 Å². The van der Waals surface area contributed by atoms with Gasteiger partial charge in [0.05, 0.1) is 19.7 Å². The Morgan fingerprint density at radius 3 is 2.87 bits per heavy atom. The van der Waals surface area contributed by atoms with Gasteiger partial charge in [-0.1, -0.05) is 11.6 Å². The third kappa shape index (κ3) is 4.39. The van der Waals surface area contributed by atoms with Crippen LogP contribution in [-0.2, 0) is 6.54 Å². The molecule has 0 aliphatic heterocycles. The molecule has 0 spiro atoms. The van der Waals surface area contributed by atoms with Gasteiger partial charge >= 0.3 is 0 Å². The van der Waals surface area contributed by atoms with Crippen LogP contribution in [0, 0.1) is 11.3 Å². The lowest BCUT2D eigenvalue weighted by Gasteiger charge is -2.08. The summed E-state index contributed by atoms with van der Waals surface area (Å²) in [6, 6.07) is 7.41. The number of rotatable bonds is 4. The molecule has 1 aromatic rings. The number of nitrogens with one attached hydrogen (secondary N) is 1. The molecule has 0 saturated heterocycles. The summed E-state index contributed by atoms with van der Waals surface area (Å²) >= 11 is 5.84. The lowest BCUT2D eigenvalue weighted by Crippen LogP contribution is -2.13.